The molecule has 11 rings (SSSR count). The summed E-state index contributed by atoms with van der Waals surface area (Å²) in [6.07, 6.45) is -13.3. The fourth-order valence-corrected chi connectivity index (χ4v) is 9.75. The van der Waals surface area contributed by atoms with E-state index in [0.717, 1.165) is 6.07 Å². The molecule has 9 aromatic rings. The van der Waals surface area contributed by atoms with E-state index in [1.54, 1.807) is 0 Å². The Labute approximate surface area is 490 Å². The van der Waals surface area contributed by atoms with Crippen LogP contribution in [0.15, 0.2) is 67.0 Å². The second-order valence-corrected chi connectivity index (χ2v) is 19.3. The Balaban J connectivity index is 1.04. The van der Waals surface area contributed by atoms with Gasteiger partial charge in [0.15, 0.2) is 111 Å². The number of aromatic carboxylic acids is 1. The van der Waals surface area contributed by atoms with Crippen LogP contribution in [0.4, 0.5) is 0 Å². The van der Waals surface area contributed by atoms with Crippen molar-refractivity contribution in [2.24, 2.45) is 0 Å². The molecule has 0 amide bonds. The molecule has 7 aromatic carbocycles. The number of benzene rings is 7. The van der Waals surface area contributed by atoms with Gasteiger partial charge in [-0.25, -0.2) is 33.6 Å². The Kier molecular flexibility index (Phi) is 13.6. The van der Waals surface area contributed by atoms with Gasteiger partial charge in [-0.3, -0.25) is 0 Å². The van der Waals surface area contributed by atoms with Gasteiger partial charge in [0.1, 0.15) is 29.4 Å². The molecule has 19 N–H and O–H groups in total. The van der Waals surface area contributed by atoms with Crippen molar-refractivity contribution in [1.82, 2.24) is 0 Å². The highest BCUT2D eigenvalue weighted by atomic mass is 16.7. The molecule has 5 unspecified atom stereocenters. The molecule has 35 heteroatoms. The molecule has 2 bridgehead atoms. The van der Waals surface area contributed by atoms with Crippen molar-refractivity contribution in [3.63, 3.8) is 0 Å². The number of aliphatic hydroxyl groups is 1. The summed E-state index contributed by atoms with van der Waals surface area (Å²) in [5, 5.41) is 202. The van der Waals surface area contributed by atoms with E-state index in [4.69, 9.17) is 42.0 Å². The maximum atomic E-state index is 14.7. The molecule has 90 heavy (non-hydrogen) atoms. The first kappa shape index (κ1) is 58.7. The van der Waals surface area contributed by atoms with Crippen molar-refractivity contribution < 1.29 is 163 Å². The van der Waals surface area contributed by atoms with Gasteiger partial charge >= 0.3 is 41.1 Å². The van der Waals surface area contributed by atoms with Gasteiger partial charge in [0.2, 0.25) is 46.0 Å². The highest BCUT2D eigenvalue weighted by Gasteiger charge is 2.54. The van der Waals surface area contributed by atoms with Crippen LogP contribution in [-0.2, 0) is 23.7 Å². The minimum atomic E-state index is -2.84. The Morgan fingerprint density at radius 2 is 0.967 bits per heavy atom. The predicted molar refractivity (Wildman–Crippen MR) is 283 cm³/mol. The van der Waals surface area contributed by atoms with E-state index < -0.39 is 265 Å². The fourth-order valence-electron chi connectivity index (χ4n) is 9.75. The Hall–Kier alpha value is -13.1. The van der Waals surface area contributed by atoms with Crippen LogP contribution in [0.5, 0.6) is 121 Å². The van der Waals surface area contributed by atoms with E-state index in [0.29, 0.717) is 36.4 Å². The van der Waals surface area contributed by atoms with E-state index in [-0.39, 0.29) is 11.5 Å². The van der Waals surface area contributed by atoms with Crippen molar-refractivity contribution in [3.05, 3.63) is 97.2 Å². The van der Waals surface area contributed by atoms with Gasteiger partial charge in [-0.15, -0.1) is 0 Å². The zero-order valence-electron chi connectivity index (χ0n) is 43.7. The van der Waals surface area contributed by atoms with E-state index in [1.165, 1.54) is 0 Å². The smallest absolute Gasteiger partial charge is 0.344 e. The molecule has 2 aliphatic heterocycles. The average Bonchev–Trinajstić information content (AvgIpc) is 0.723. The van der Waals surface area contributed by atoms with Crippen molar-refractivity contribution >= 4 is 62.6 Å². The minimum Gasteiger partial charge on any atom is -0.504 e. The van der Waals surface area contributed by atoms with Crippen LogP contribution in [0.2, 0.25) is 0 Å². The number of aliphatic hydroxyl groups excluding tert-OH is 1. The van der Waals surface area contributed by atoms with Crippen molar-refractivity contribution in [2.75, 3.05) is 6.61 Å². The number of phenols is 17. The quantitative estimate of drug-likeness (QED) is 0.0324. The largest absolute Gasteiger partial charge is 0.504 e. The van der Waals surface area contributed by atoms with Crippen LogP contribution >= 0.6 is 0 Å². The molecule has 0 radical (unpaired) electrons. The third-order valence-corrected chi connectivity index (χ3v) is 14.0. The normalized spacial score (nSPS) is 17.3. The number of esters is 4. The van der Waals surface area contributed by atoms with Crippen LogP contribution in [0.25, 0.3) is 43.8 Å². The molecular weight excluding hydrogens is 1220 g/mol. The van der Waals surface area contributed by atoms with E-state index in [2.05, 4.69) is 0 Å². The standard InChI is InChI=1S/C55H34O35/c56-18-1-10(2-19(57)30(18)63)49(75)89-46-43-25(9-82-50(76)16-3-11(26-12(51(77)86-43)4-20(58)31(64)36(26)69)29(62)37(70)42(16)85-40-15(48(73)74)6-21(59)32(65)38(40)71)84-55(81)47(46)90-54(80)17-7-22(60)33(66)39(72)41(17)83-24-8-14-28-27-13(52(78)88-45(28)35(24)68)5-23(61)34(67)44(27)87-53(14)79/h1-8,25,43,46-47,55-72,81H,9H2,(H,73,74). The number of hydrogen-bond donors (Lipinski definition) is 19. The summed E-state index contributed by atoms with van der Waals surface area (Å²) in [7, 11) is 0. The number of carbonyl (C=O) groups excluding carboxylic acids is 4. The minimum absolute atomic E-state index is 0.287. The molecule has 2 aliphatic rings. The lowest BCUT2D eigenvalue weighted by Crippen LogP contribution is -2.62. The first-order chi connectivity index (χ1) is 42.4. The zero-order chi connectivity index (χ0) is 65.3. The fraction of sp³-hybridized carbons (Fsp3) is 0.109. The molecule has 5 atom stereocenters. The van der Waals surface area contributed by atoms with Crippen molar-refractivity contribution in [2.45, 2.75) is 30.7 Å². The number of aromatic hydroxyl groups is 17. The van der Waals surface area contributed by atoms with Gasteiger partial charge in [0.25, 0.3) is 0 Å². The lowest BCUT2D eigenvalue weighted by molar-refractivity contribution is -0.284. The van der Waals surface area contributed by atoms with Crippen molar-refractivity contribution in [1.29, 1.82) is 0 Å². The van der Waals surface area contributed by atoms with Crippen LogP contribution in [0.3, 0.4) is 0 Å². The SMILES string of the molecule is O=C(OC1C(OC(=O)c2cc(O)c(O)c(O)c2Oc2cc3c(=O)oc4c(O)c(O)cc5c(=O)oc(c2O)c3c45)C(O)OC2COC(=O)c3cc(c(O)c(O)c3Oc3c(C(=O)O)cc(O)c(O)c3O)-c3c(cc(O)c(O)c3O)C(=O)OC21)c1cc(O)c(O)c(O)c1. The molecule has 464 valence electrons. The zero-order valence-corrected chi connectivity index (χ0v) is 43.7. The van der Waals surface area contributed by atoms with Crippen LogP contribution in [0.1, 0.15) is 51.8 Å². The summed E-state index contributed by atoms with van der Waals surface area (Å²) in [5.41, 5.74) is -12.6. The van der Waals surface area contributed by atoms with Gasteiger partial charge in [-0.1, -0.05) is 0 Å². The van der Waals surface area contributed by atoms with E-state index >= 15 is 0 Å². The third kappa shape index (κ3) is 9.12. The lowest BCUT2D eigenvalue weighted by atomic mass is 9.93. The van der Waals surface area contributed by atoms with Gasteiger partial charge in [-0.2, -0.15) is 0 Å². The Morgan fingerprint density at radius 3 is 1.58 bits per heavy atom. The maximum Gasteiger partial charge on any atom is 0.344 e. The highest BCUT2D eigenvalue weighted by molar-refractivity contribution is 6.22. The number of carboxylic acids is 1. The average molecular weight is 1250 g/mol. The molecule has 1 saturated heterocycles. The number of rotatable bonds is 9. The number of fused-ring (bicyclic) bond motifs is 5. The maximum absolute atomic E-state index is 14.7. The predicted octanol–water partition coefficient (Wildman–Crippen LogP) is 3.30. The summed E-state index contributed by atoms with van der Waals surface area (Å²) >= 11 is 0. The number of cyclic esters (lactones) is 1. The van der Waals surface area contributed by atoms with Gasteiger partial charge in [0, 0.05) is 40.1 Å². The number of carbonyl (C=O) groups is 5. The molecule has 1 fully saturated rings. The summed E-state index contributed by atoms with van der Waals surface area (Å²) in [6, 6.07) is 3.68. The topological polar surface area (TPSA) is 595 Å². The Bertz CT molecular complexity index is 4780. The molecule has 4 heterocycles. The summed E-state index contributed by atoms with van der Waals surface area (Å²) in [5.74, 6) is -38.0. The number of carboxylic acid groups (broad SMARTS) is 1. The van der Waals surface area contributed by atoms with Gasteiger partial charge in [0.05, 0.1) is 21.9 Å². The Morgan fingerprint density at radius 1 is 0.456 bits per heavy atom. The van der Waals surface area contributed by atoms with Crippen molar-refractivity contribution in [3.8, 4) is 132 Å². The number of ether oxygens (including phenoxy) is 7. The molecule has 0 spiro atoms. The molecule has 2 aromatic heterocycles. The number of hydrogen-bond acceptors (Lipinski definition) is 34. The lowest BCUT2D eigenvalue weighted by Gasteiger charge is -2.43. The monoisotopic (exact) mass is 1250 g/mol. The summed E-state index contributed by atoms with van der Waals surface area (Å²) in [6.45, 7) is -1.44. The molecule has 0 saturated carbocycles. The second-order valence-electron chi connectivity index (χ2n) is 19.3. The van der Waals surface area contributed by atoms with Gasteiger partial charge < -0.3 is 139 Å². The molecular formula is C55H34O35. The van der Waals surface area contributed by atoms with Crippen LogP contribution < -0.4 is 20.7 Å². The first-order valence-electron chi connectivity index (χ1n) is 24.7. The van der Waals surface area contributed by atoms with E-state index in [1.807, 2.05) is 0 Å². The van der Waals surface area contributed by atoms with Gasteiger partial charge in [-0.05, 0) is 30.3 Å². The number of phenolic OH excluding ortho intramolecular Hbond substituents is 17. The summed E-state index contributed by atoms with van der Waals surface area (Å²) < 4.78 is 49.3. The molecule has 0 aliphatic carbocycles. The van der Waals surface area contributed by atoms with Crippen LogP contribution in [-0.4, -0.2) is 164 Å². The van der Waals surface area contributed by atoms with E-state index in [9.17, 15) is 131 Å². The third-order valence-electron chi connectivity index (χ3n) is 14.0. The first-order valence-corrected chi connectivity index (χ1v) is 24.7. The second kappa shape index (κ2) is 20.9. The summed E-state index contributed by atoms with van der Waals surface area (Å²) in [4.78, 5) is 96.9. The van der Waals surface area contributed by atoms with Crippen LogP contribution in [0, 0.1) is 0 Å². The molecule has 35 nitrogen and oxygen atoms in total. The highest BCUT2D eigenvalue weighted by Crippen LogP contribution is 2.56.